The van der Waals surface area contributed by atoms with E-state index in [1.54, 1.807) is 17.7 Å². The average molecular weight is 317 g/mol. The number of benzene rings is 2. The molecule has 0 unspecified atom stereocenters. The van der Waals surface area contributed by atoms with Gasteiger partial charge in [0.05, 0.1) is 5.39 Å². The van der Waals surface area contributed by atoms with Crippen LogP contribution in [0.5, 0.6) is 0 Å². The van der Waals surface area contributed by atoms with E-state index in [9.17, 15) is 0 Å². The molecule has 0 atom stereocenters. The van der Waals surface area contributed by atoms with Gasteiger partial charge in [-0.15, -0.1) is 11.3 Å². The molecule has 0 aliphatic rings. The first-order valence-corrected chi connectivity index (χ1v) is 8.25. The van der Waals surface area contributed by atoms with Gasteiger partial charge in [0.2, 0.25) is 0 Å². The maximum atomic E-state index is 4.43. The maximum absolute atomic E-state index is 4.43. The number of aromatic nitrogens is 2. The molecule has 0 aliphatic carbocycles. The van der Waals surface area contributed by atoms with Gasteiger partial charge in [0.15, 0.2) is 0 Å². The number of nitrogens with zero attached hydrogens (tertiary/aromatic N) is 2. The zero-order valence-electron chi connectivity index (χ0n) is 12.7. The molecule has 4 heteroatoms. The fraction of sp³-hybridized carbons (Fsp3) is 0.0526. The molecule has 1 N–H and O–H groups in total. The molecule has 0 radical (unpaired) electrons. The number of nitrogens with one attached hydrogen (secondary N) is 1. The summed E-state index contributed by atoms with van der Waals surface area (Å²) in [6, 6.07) is 20.7. The minimum atomic E-state index is 0.850. The monoisotopic (exact) mass is 317 g/mol. The zero-order valence-corrected chi connectivity index (χ0v) is 13.5. The molecule has 0 saturated heterocycles. The summed E-state index contributed by atoms with van der Waals surface area (Å²) in [6.07, 6.45) is 1.62. The molecular weight excluding hydrogens is 302 g/mol. The minimum absolute atomic E-state index is 0.850. The largest absolute Gasteiger partial charge is 0.339 e. The Bertz CT molecular complexity index is 961. The summed E-state index contributed by atoms with van der Waals surface area (Å²) in [5.74, 6) is 0.850. The lowest BCUT2D eigenvalue weighted by Gasteiger charge is -2.08. The van der Waals surface area contributed by atoms with Gasteiger partial charge in [0.1, 0.15) is 17.0 Å². The second-order valence-electron chi connectivity index (χ2n) is 5.36. The van der Waals surface area contributed by atoms with E-state index in [-0.39, 0.29) is 0 Å². The molecule has 3 nitrogen and oxygen atoms in total. The van der Waals surface area contributed by atoms with Crippen molar-refractivity contribution < 1.29 is 0 Å². The molecule has 23 heavy (non-hydrogen) atoms. The summed E-state index contributed by atoms with van der Waals surface area (Å²) >= 11 is 1.69. The third kappa shape index (κ3) is 2.69. The molecule has 2 aromatic carbocycles. The van der Waals surface area contributed by atoms with Gasteiger partial charge in [-0.05, 0) is 30.2 Å². The van der Waals surface area contributed by atoms with Crippen LogP contribution in [0, 0.1) is 6.92 Å². The molecule has 2 heterocycles. The zero-order chi connectivity index (χ0) is 15.6. The van der Waals surface area contributed by atoms with E-state index in [0.717, 1.165) is 21.7 Å². The normalized spacial score (nSPS) is 10.8. The smallest absolute Gasteiger partial charge is 0.142 e. The van der Waals surface area contributed by atoms with Crippen LogP contribution in [0.25, 0.3) is 20.7 Å². The van der Waals surface area contributed by atoms with Crippen LogP contribution in [0.1, 0.15) is 5.56 Å². The van der Waals surface area contributed by atoms with Crippen LogP contribution in [-0.4, -0.2) is 9.97 Å². The molecule has 0 amide bonds. The van der Waals surface area contributed by atoms with Crippen molar-refractivity contribution in [1.29, 1.82) is 0 Å². The highest BCUT2D eigenvalue weighted by Gasteiger charge is 2.10. The molecule has 112 valence electrons. The summed E-state index contributed by atoms with van der Waals surface area (Å²) in [7, 11) is 0. The standard InChI is InChI=1S/C19H15N3S/c1-13-7-5-6-10-16(13)22-18-15-11-17(14-8-3-2-4-9-14)23-19(15)21-12-20-18/h2-12H,1H3,(H,20,21,22). The highest BCUT2D eigenvalue weighted by Crippen LogP contribution is 2.35. The van der Waals surface area contributed by atoms with Crippen LogP contribution in [0.2, 0.25) is 0 Å². The molecule has 4 aromatic rings. The molecule has 2 aromatic heterocycles. The van der Waals surface area contributed by atoms with Crippen molar-refractivity contribution in [2.75, 3.05) is 5.32 Å². The van der Waals surface area contributed by atoms with Crippen molar-refractivity contribution in [2.45, 2.75) is 6.92 Å². The lowest BCUT2D eigenvalue weighted by Crippen LogP contribution is -1.96. The highest BCUT2D eigenvalue weighted by molar-refractivity contribution is 7.21. The van der Waals surface area contributed by atoms with Gasteiger partial charge in [-0.25, -0.2) is 9.97 Å². The van der Waals surface area contributed by atoms with Crippen molar-refractivity contribution in [3.05, 3.63) is 72.6 Å². The van der Waals surface area contributed by atoms with E-state index in [0.29, 0.717) is 0 Å². The molecule has 0 spiro atoms. The van der Waals surface area contributed by atoms with Gasteiger partial charge in [0.25, 0.3) is 0 Å². The van der Waals surface area contributed by atoms with E-state index in [1.807, 2.05) is 18.2 Å². The third-order valence-corrected chi connectivity index (χ3v) is 4.88. The van der Waals surface area contributed by atoms with Crippen LogP contribution in [0.3, 0.4) is 0 Å². The quantitative estimate of drug-likeness (QED) is 0.549. The SMILES string of the molecule is Cc1ccccc1Nc1ncnc2sc(-c3ccccc3)cc12. The Kier molecular flexibility index (Phi) is 3.52. The van der Waals surface area contributed by atoms with Crippen molar-refractivity contribution in [3.8, 4) is 10.4 Å². The third-order valence-electron chi connectivity index (χ3n) is 3.79. The first-order valence-electron chi connectivity index (χ1n) is 7.44. The van der Waals surface area contributed by atoms with Gasteiger partial charge in [0, 0.05) is 10.6 Å². The van der Waals surface area contributed by atoms with Crippen molar-refractivity contribution in [1.82, 2.24) is 9.97 Å². The van der Waals surface area contributed by atoms with Gasteiger partial charge >= 0.3 is 0 Å². The van der Waals surface area contributed by atoms with Crippen LogP contribution < -0.4 is 5.32 Å². The van der Waals surface area contributed by atoms with E-state index >= 15 is 0 Å². The Labute approximate surface area is 138 Å². The number of para-hydroxylation sites is 1. The molecule has 4 rings (SSSR count). The summed E-state index contributed by atoms with van der Waals surface area (Å²) in [5, 5.41) is 4.49. The van der Waals surface area contributed by atoms with E-state index in [4.69, 9.17) is 0 Å². The Morgan fingerprint density at radius 1 is 0.913 bits per heavy atom. The summed E-state index contributed by atoms with van der Waals surface area (Å²) in [4.78, 5) is 11.1. The first kappa shape index (κ1) is 13.9. The molecule has 0 fully saturated rings. The summed E-state index contributed by atoms with van der Waals surface area (Å²) in [6.45, 7) is 2.09. The van der Waals surface area contributed by atoms with Crippen molar-refractivity contribution in [2.24, 2.45) is 0 Å². The lowest BCUT2D eigenvalue weighted by atomic mass is 10.2. The van der Waals surface area contributed by atoms with Gasteiger partial charge in [-0.2, -0.15) is 0 Å². The fourth-order valence-corrected chi connectivity index (χ4v) is 3.54. The predicted octanol–water partition coefficient (Wildman–Crippen LogP) is 5.41. The molecular formula is C19H15N3S. The van der Waals surface area contributed by atoms with Gasteiger partial charge in [-0.3, -0.25) is 0 Å². The fourth-order valence-electron chi connectivity index (χ4n) is 2.54. The topological polar surface area (TPSA) is 37.8 Å². The highest BCUT2D eigenvalue weighted by atomic mass is 32.1. The molecule has 0 aliphatic heterocycles. The van der Waals surface area contributed by atoms with Crippen LogP contribution in [0.15, 0.2) is 67.0 Å². The first-order chi connectivity index (χ1) is 11.3. The number of thiophene rings is 1. The Morgan fingerprint density at radius 2 is 1.70 bits per heavy atom. The maximum Gasteiger partial charge on any atom is 0.142 e. The lowest BCUT2D eigenvalue weighted by molar-refractivity contribution is 1.23. The molecule has 0 bridgehead atoms. The van der Waals surface area contributed by atoms with Gasteiger partial charge in [-0.1, -0.05) is 48.5 Å². The van der Waals surface area contributed by atoms with Gasteiger partial charge < -0.3 is 5.32 Å². The number of anilines is 2. The Balaban J connectivity index is 1.79. The average Bonchev–Trinajstić information content (AvgIpc) is 3.03. The van der Waals surface area contributed by atoms with Crippen LogP contribution in [0.4, 0.5) is 11.5 Å². The van der Waals surface area contributed by atoms with Crippen LogP contribution >= 0.6 is 11.3 Å². The van der Waals surface area contributed by atoms with E-state index in [2.05, 4.69) is 64.7 Å². The summed E-state index contributed by atoms with van der Waals surface area (Å²) in [5.41, 5.74) is 3.47. The second kappa shape index (κ2) is 5.82. The summed E-state index contributed by atoms with van der Waals surface area (Å²) < 4.78 is 0. The van der Waals surface area contributed by atoms with E-state index < -0.39 is 0 Å². The van der Waals surface area contributed by atoms with Crippen LogP contribution in [-0.2, 0) is 0 Å². The molecule has 0 saturated carbocycles. The van der Waals surface area contributed by atoms with Crippen molar-refractivity contribution >= 4 is 33.1 Å². The predicted molar refractivity (Wildman–Crippen MR) is 97.3 cm³/mol. The van der Waals surface area contributed by atoms with E-state index in [1.165, 1.54) is 16.0 Å². The number of rotatable bonds is 3. The number of hydrogen-bond donors (Lipinski definition) is 1. The minimum Gasteiger partial charge on any atom is -0.339 e. The Morgan fingerprint density at radius 3 is 2.52 bits per heavy atom. The Hall–Kier alpha value is -2.72. The second-order valence-corrected chi connectivity index (χ2v) is 6.39. The van der Waals surface area contributed by atoms with Crippen molar-refractivity contribution in [3.63, 3.8) is 0 Å². The number of hydrogen-bond acceptors (Lipinski definition) is 4. The number of aryl methyl sites for hydroxylation is 1. The number of fused-ring (bicyclic) bond motifs is 1.